The Balaban J connectivity index is 0.00000342. The molecule has 180 valence electrons. The second kappa shape index (κ2) is 11.7. The molecule has 1 heterocycles. The zero-order chi connectivity index (χ0) is 24.1. The van der Waals surface area contributed by atoms with E-state index >= 15 is 0 Å². The SMILES string of the molecule is Br.COc1ccc(C(=O)CSC2=NC(=Cc3ccc(O)c(OC)c3)C(=O)N2c2ccccc2)cc1. The molecule has 0 saturated carbocycles. The molecule has 0 aliphatic carbocycles. The predicted molar refractivity (Wildman–Crippen MR) is 144 cm³/mol. The Hall–Kier alpha value is -3.56. The van der Waals surface area contributed by atoms with Gasteiger partial charge in [-0.2, -0.15) is 0 Å². The van der Waals surface area contributed by atoms with Gasteiger partial charge in [0.25, 0.3) is 5.91 Å². The van der Waals surface area contributed by atoms with Crippen LogP contribution in [0, 0.1) is 0 Å². The highest BCUT2D eigenvalue weighted by atomic mass is 79.9. The van der Waals surface area contributed by atoms with Crippen molar-refractivity contribution in [2.75, 3.05) is 24.9 Å². The van der Waals surface area contributed by atoms with E-state index in [0.29, 0.717) is 33.5 Å². The van der Waals surface area contributed by atoms with Crippen LogP contribution in [0.5, 0.6) is 17.2 Å². The number of thioether (sulfide) groups is 1. The highest BCUT2D eigenvalue weighted by Gasteiger charge is 2.32. The molecule has 9 heteroatoms. The topological polar surface area (TPSA) is 88.4 Å². The summed E-state index contributed by atoms with van der Waals surface area (Å²) in [4.78, 5) is 32.0. The minimum Gasteiger partial charge on any atom is -0.504 e. The van der Waals surface area contributed by atoms with Crippen LogP contribution in [0.3, 0.4) is 0 Å². The number of halogens is 1. The molecule has 0 saturated heterocycles. The largest absolute Gasteiger partial charge is 0.504 e. The summed E-state index contributed by atoms with van der Waals surface area (Å²) in [6.07, 6.45) is 1.62. The summed E-state index contributed by atoms with van der Waals surface area (Å²) in [7, 11) is 3.02. The summed E-state index contributed by atoms with van der Waals surface area (Å²) in [5.41, 5.74) is 2.07. The fraction of sp³-hybridized carbons (Fsp3) is 0.115. The fourth-order valence-corrected chi connectivity index (χ4v) is 4.24. The molecule has 1 N–H and O–H groups in total. The smallest absolute Gasteiger partial charge is 0.283 e. The molecule has 0 aromatic heterocycles. The Morgan fingerprint density at radius 3 is 2.40 bits per heavy atom. The lowest BCUT2D eigenvalue weighted by atomic mass is 10.1. The van der Waals surface area contributed by atoms with Crippen LogP contribution in [-0.2, 0) is 4.79 Å². The predicted octanol–water partition coefficient (Wildman–Crippen LogP) is 5.35. The average molecular weight is 555 g/mol. The number of nitrogens with zero attached hydrogens (tertiary/aromatic N) is 2. The number of ketones is 1. The van der Waals surface area contributed by atoms with Crippen LogP contribution in [0.4, 0.5) is 5.69 Å². The molecule has 1 aliphatic heterocycles. The number of rotatable bonds is 7. The minimum absolute atomic E-state index is 0. The molecule has 1 amide bonds. The Morgan fingerprint density at radius 1 is 1.03 bits per heavy atom. The molecule has 7 nitrogen and oxygen atoms in total. The third kappa shape index (κ3) is 5.93. The van der Waals surface area contributed by atoms with Gasteiger partial charge in [0.2, 0.25) is 0 Å². The molecule has 0 radical (unpaired) electrons. The highest BCUT2D eigenvalue weighted by molar-refractivity contribution is 8.93. The lowest BCUT2D eigenvalue weighted by molar-refractivity contribution is -0.113. The van der Waals surface area contributed by atoms with Crippen LogP contribution < -0.4 is 14.4 Å². The number of ether oxygens (including phenoxy) is 2. The number of phenolic OH excluding ortho intramolecular Hbond substituents is 1. The van der Waals surface area contributed by atoms with Gasteiger partial charge < -0.3 is 14.6 Å². The van der Waals surface area contributed by atoms with Gasteiger partial charge in [-0.3, -0.25) is 14.5 Å². The van der Waals surface area contributed by atoms with Crippen LogP contribution >= 0.6 is 28.7 Å². The quantitative estimate of drug-likeness (QED) is 0.313. The minimum atomic E-state index is -0.308. The van der Waals surface area contributed by atoms with Crippen molar-refractivity contribution >= 4 is 57.4 Å². The van der Waals surface area contributed by atoms with Crippen LogP contribution in [0.15, 0.2) is 83.5 Å². The molecule has 3 aromatic carbocycles. The number of carbonyl (C=O) groups excluding carboxylic acids is 2. The second-order valence-corrected chi connectivity index (χ2v) is 8.21. The fourth-order valence-electron chi connectivity index (χ4n) is 3.33. The number of methoxy groups -OCH3 is 2. The number of hydrogen-bond donors (Lipinski definition) is 1. The van der Waals surface area contributed by atoms with Crippen molar-refractivity contribution < 1.29 is 24.2 Å². The number of carbonyl (C=O) groups is 2. The Kier molecular flexibility index (Phi) is 8.73. The Bertz CT molecular complexity index is 1280. The van der Waals surface area contributed by atoms with E-state index in [-0.39, 0.29) is 45.9 Å². The van der Waals surface area contributed by atoms with Gasteiger partial charge in [0.15, 0.2) is 22.4 Å². The van der Waals surface area contributed by atoms with Gasteiger partial charge >= 0.3 is 0 Å². The standard InChI is InChI=1S/C26H22N2O5S.BrH/c1-32-20-11-9-18(10-12-20)23(30)16-34-26-27-21(14-17-8-13-22(29)24(15-17)33-2)25(31)28(26)19-6-4-3-5-7-19;/h3-15,29H,16H2,1-2H3;1H. The third-order valence-corrected chi connectivity index (χ3v) is 6.03. The maximum absolute atomic E-state index is 13.3. The summed E-state index contributed by atoms with van der Waals surface area (Å²) < 4.78 is 10.3. The second-order valence-electron chi connectivity index (χ2n) is 7.27. The Labute approximate surface area is 217 Å². The zero-order valence-electron chi connectivity index (χ0n) is 19.0. The van der Waals surface area contributed by atoms with E-state index in [1.54, 1.807) is 49.6 Å². The number of aliphatic imine (C=N–C) groups is 1. The molecule has 1 aliphatic rings. The van der Waals surface area contributed by atoms with Crippen molar-refractivity contribution in [3.8, 4) is 17.2 Å². The summed E-state index contributed by atoms with van der Waals surface area (Å²) in [6.45, 7) is 0. The molecule has 0 unspecified atom stereocenters. The lowest BCUT2D eigenvalue weighted by Crippen LogP contribution is -2.30. The number of benzene rings is 3. The van der Waals surface area contributed by atoms with Gasteiger partial charge in [0.1, 0.15) is 11.4 Å². The number of para-hydroxylation sites is 1. The highest BCUT2D eigenvalue weighted by Crippen LogP contribution is 2.32. The molecule has 0 spiro atoms. The van der Waals surface area contributed by atoms with Crippen LogP contribution in [0.1, 0.15) is 15.9 Å². The summed E-state index contributed by atoms with van der Waals surface area (Å²) in [5, 5.41) is 10.2. The lowest BCUT2D eigenvalue weighted by Gasteiger charge is -2.17. The van der Waals surface area contributed by atoms with Gasteiger partial charge in [-0.25, -0.2) is 4.99 Å². The molecular formula is C26H23BrN2O5S. The summed E-state index contributed by atoms with van der Waals surface area (Å²) >= 11 is 1.20. The summed E-state index contributed by atoms with van der Waals surface area (Å²) in [5.74, 6) is 0.690. The van der Waals surface area contributed by atoms with Crippen LogP contribution in [0.25, 0.3) is 6.08 Å². The molecule has 35 heavy (non-hydrogen) atoms. The maximum atomic E-state index is 13.3. The van der Waals surface area contributed by atoms with Crippen LogP contribution in [0.2, 0.25) is 0 Å². The Morgan fingerprint density at radius 2 is 1.74 bits per heavy atom. The van der Waals surface area contributed by atoms with Gasteiger partial charge in [-0.1, -0.05) is 36.0 Å². The molecular weight excluding hydrogens is 532 g/mol. The van der Waals surface area contributed by atoms with Gasteiger partial charge in [-0.05, 0) is 60.2 Å². The van der Waals surface area contributed by atoms with Gasteiger partial charge in [0, 0.05) is 5.56 Å². The molecule has 0 bridgehead atoms. The first-order valence-corrected chi connectivity index (χ1v) is 11.4. The molecule has 4 rings (SSSR count). The van der Waals surface area contributed by atoms with Gasteiger partial charge in [-0.15, -0.1) is 17.0 Å². The monoisotopic (exact) mass is 554 g/mol. The van der Waals surface area contributed by atoms with E-state index in [9.17, 15) is 14.7 Å². The van der Waals surface area contributed by atoms with Crippen molar-refractivity contribution in [3.05, 3.63) is 89.6 Å². The zero-order valence-corrected chi connectivity index (χ0v) is 21.5. The van der Waals surface area contributed by atoms with Crippen LogP contribution in [-0.4, -0.2) is 41.9 Å². The normalized spacial score (nSPS) is 13.9. The van der Waals surface area contributed by atoms with E-state index in [1.807, 2.05) is 30.3 Å². The molecule has 0 fully saturated rings. The first kappa shape index (κ1) is 26.1. The number of anilines is 1. The van der Waals surface area contributed by atoms with E-state index in [1.165, 1.54) is 29.8 Å². The van der Waals surface area contributed by atoms with Crippen molar-refractivity contribution in [2.24, 2.45) is 4.99 Å². The van der Waals surface area contributed by atoms with E-state index in [2.05, 4.69) is 4.99 Å². The van der Waals surface area contributed by atoms with Crippen molar-refractivity contribution in [1.82, 2.24) is 0 Å². The van der Waals surface area contributed by atoms with E-state index in [0.717, 1.165) is 0 Å². The van der Waals surface area contributed by atoms with Crippen molar-refractivity contribution in [1.29, 1.82) is 0 Å². The number of phenols is 1. The first-order valence-electron chi connectivity index (χ1n) is 10.4. The van der Waals surface area contributed by atoms with E-state index < -0.39 is 0 Å². The van der Waals surface area contributed by atoms with Crippen molar-refractivity contribution in [2.45, 2.75) is 0 Å². The first-order chi connectivity index (χ1) is 16.5. The molecule has 0 atom stereocenters. The third-order valence-electron chi connectivity index (χ3n) is 5.10. The van der Waals surface area contributed by atoms with E-state index in [4.69, 9.17) is 9.47 Å². The number of Topliss-reactive ketones (excluding diaryl/α,β-unsaturated/α-hetero) is 1. The van der Waals surface area contributed by atoms with Gasteiger partial charge in [0.05, 0.1) is 25.7 Å². The number of amides is 1. The molecule has 3 aromatic rings. The number of amidine groups is 1. The average Bonchev–Trinajstić information content (AvgIpc) is 3.18. The number of aromatic hydroxyl groups is 1. The van der Waals surface area contributed by atoms with Crippen molar-refractivity contribution in [3.63, 3.8) is 0 Å². The maximum Gasteiger partial charge on any atom is 0.283 e. The number of hydrogen-bond acceptors (Lipinski definition) is 7. The summed E-state index contributed by atoms with van der Waals surface area (Å²) in [6, 6.07) is 20.8.